The van der Waals surface area contributed by atoms with Crippen molar-refractivity contribution >= 4 is 11.9 Å². The standard InChI is InChI=1S/2C17H9F2N2O2.Ir/c2*18-11-8-12(10-4-6-21-15(7-10)17(22)23)16(13(19)9-11)14-3-1-2-5-20-14;/h2*1-6,8-9H,(H,22,23);/q2*-1;+3. The number of aromatic nitrogens is 4. The van der Waals surface area contributed by atoms with Crippen LogP contribution in [0.1, 0.15) is 21.0 Å². The van der Waals surface area contributed by atoms with Crippen LogP contribution in [0.2, 0.25) is 0 Å². The van der Waals surface area contributed by atoms with Crippen molar-refractivity contribution in [2.24, 2.45) is 0 Å². The van der Waals surface area contributed by atoms with E-state index in [-0.39, 0.29) is 64.9 Å². The summed E-state index contributed by atoms with van der Waals surface area (Å²) in [4.78, 5) is 37.5. The average molecular weight is 815 g/mol. The molecule has 0 atom stereocenters. The molecule has 4 aromatic heterocycles. The zero-order chi connectivity index (χ0) is 32.8. The number of halogens is 4. The average Bonchev–Trinajstić information content (AvgIpc) is 3.05. The van der Waals surface area contributed by atoms with Gasteiger partial charge in [0.1, 0.15) is 23.3 Å². The zero-order valence-corrected chi connectivity index (χ0v) is 26.0. The second kappa shape index (κ2) is 15.1. The first-order valence-corrected chi connectivity index (χ1v) is 13.2. The number of nitrogens with zero attached hydrogens (tertiary/aromatic N) is 4. The molecule has 0 aliphatic heterocycles. The SMILES string of the molecule is O=C(O)c1[c-]c(-c2cc(F)cc(F)c2-c2ccccn2)ccn1.O=C(O)c1[c-]c(-c2cc(F)cc(F)c2-c2ccccn2)ccn1.[Ir+3]. The van der Waals surface area contributed by atoms with Crippen LogP contribution in [0.3, 0.4) is 0 Å². The summed E-state index contributed by atoms with van der Waals surface area (Å²) in [5.74, 6) is -5.69. The number of carboxylic acids is 2. The molecule has 0 spiro atoms. The van der Waals surface area contributed by atoms with Crippen LogP contribution in [0.4, 0.5) is 17.6 Å². The molecule has 0 amide bonds. The van der Waals surface area contributed by atoms with Crippen molar-refractivity contribution in [3.8, 4) is 44.8 Å². The quantitative estimate of drug-likeness (QED) is 0.134. The minimum absolute atomic E-state index is 0. The molecule has 8 nitrogen and oxygen atoms in total. The predicted molar refractivity (Wildman–Crippen MR) is 157 cm³/mol. The topological polar surface area (TPSA) is 126 Å². The minimum Gasteiger partial charge on any atom is -0.519 e. The fraction of sp³-hybridized carbons (Fsp3) is 0. The number of hydrogen-bond acceptors (Lipinski definition) is 6. The Morgan fingerprint density at radius 1 is 0.553 bits per heavy atom. The minimum atomic E-state index is -1.27. The van der Waals surface area contributed by atoms with Gasteiger partial charge in [-0.2, -0.15) is 0 Å². The molecular formula is C34H18F4IrN4O4+. The second-order valence-electron chi connectivity index (χ2n) is 9.32. The van der Waals surface area contributed by atoms with Crippen LogP contribution < -0.4 is 0 Å². The summed E-state index contributed by atoms with van der Waals surface area (Å²) in [5, 5.41) is 18.0. The third-order valence-corrected chi connectivity index (χ3v) is 6.33. The van der Waals surface area contributed by atoms with Gasteiger partial charge < -0.3 is 19.8 Å². The van der Waals surface area contributed by atoms with Gasteiger partial charge in [-0.1, -0.05) is 35.4 Å². The first kappa shape index (κ1) is 34.2. The van der Waals surface area contributed by atoms with Crippen molar-refractivity contribution in [1.82, 2.24) is 19.9 Å². The van der Waals surface area contributed by atoms with Crippen molar-refractivity contribution in [2.75, 3.05) is 0 Å². The summed E-state index contributed by atoms with van der Waals surface area (Å²) < 4.78 is 56.0. The molecule has 2 aromatic carbocycles. The maximum atomic E-state index is 14.3. The molecule has 0 aliphatic carbocycles. The van der Waals surface area contributed by atoms with Crippen LogP contribution in [0, 0.1) is 35.4 Å². The predicted octanol–water partition coefficient (Wildman–Crippen LogP) is 7.17. The Bertz CT molecular complexity index is 1920. The Hall–Kier alpha value is -5.65. The number of hydrogen-bond donors (Lipinski definition) is 2. The van der Waals surface area contributed by atoms with E-state index in [9.17, 15) is 27.2 Å². The molecule has 0 aliphatic rings. The molecule has 6 rings (SSSR count). The van der Waals surface area contributed by atoms with E-state index in [0.29, 0.717) is 11.4 Å². The molecule has 0 saturated carbocycles. The van der Waals surface area contributed by atoms with Gasteiger partial charge in [-0.15, -0.1) is 35.4 Å². The maximum absolute atomic E-state index is 14.3. The van der Waals surface area contributed by atoms with E-state index in [0.717, 1.165) is 24.3 Å². The molecule has 13 heteroatoms. The summed E-state index contributed by atoms with van der Waals surface area (Å²) in [6.45, 7) is 0. The smallest absolute Gasteiger partial charge is 0.519 e. The summed E-state index contributed by atoms with van der Waals surface area (Å²) in [7, 11) is 0. The first-order valence-electron chi connectivity index (χ1n) is 13.2. The number of carboxylic acid groups (broad SMARTS) is 2. The van der Waals surface area contributed by atoms with Gasteiger partial charge in [0, 0.05) is 35.7 Å². The van der Waals surface area contributed by atoms with Crippen LogP contribution in [0.15, 0.2) is 97.6 Å². The number of pyridine rings is 4. The molecule has 234 valence electrons. The van der Waals surface area contributed by atoms with E-state index in [4.69, 9.17) is 10.2 Å². The van der Waals surface area contributed by atoms with E-state index in [2.05, 4.69) is 32.1 Å². The van der Waals surface area contributed by atoms with Crippen molar-refractivity contribution in [3.63, 3.8) is 0 Å². The van der Waals surface area contributed by atoms with E-state index >= 15 is 0 Å². The van der Waals surface area contributed by atoms with E-state index in [1.807, 2.05) is 0 Å². The summed E-state index contributed by atoms with van der Waals surface area (Å²) in [6.07, 6.45) is 5.47. The van der Waals surface area contributed by atoms with Gasteiger partial charge in [0.05, 0.1) is 22.8 Å². The second-order valence-corrected chi connectivity index (χ2v) is 9.32. The maximum Gasteiger partial charge on any atom is 3.00 e. The molecule has 47 heavy (non-hydrogen) atoms. The van der Waals surface area contributed by atoms with Crippen molar-refractivity contribution in [2.45, 2.75) is 0 Å². The number of rotatable bonds is 6. The van der Waals surface area contributed by atoms with Crippen LogP contribution in [0.5, 0.6) is 0 Å². The van der Waals surface area contributed by atoms with Crippen molar-refractivity contribution in [3.05, 3.63) is 144 Å². The van der Waals surface area contributed by atoms with Gasteiger partial charge in [0.15, 0.2) is 0 Å². The Morgan fingerprint density at radius 3 is 1.30 bits per heavy atom. The van der Waals surface area contributed by atoms with Gasteiger partial charge in [-0.3, -0.25) is 19.9 Å². The first-order chi connectivity index (χ1) is 22.1. The summed E-state index contributed by atoms with van der Waals surface area (Å²) >= 11 is 0. The fourth-order valence-electron chi connectivity index (χ4n) is 4.42. The monoisotopic (exact) mass is 815 g/mol. The molecule has 0 unspecified atom stereocenters. The van der Waals surface area contributed by atoms with Crippen LogP contribution >= 0.6 is 0 Å². The molecule has 0 bridgehead atoms. The van der Waals surface area contributed by atoms with Crippen molar-refractivity contribution in [1.29, 1.82) is 0 Å². The molecule has 0 fully saturated rings. The molecule has 6 aromatic rings. The molecular weight excluding hydrogens is 797 g/mol. The van der Waals surface area contributed by atoms with E-state index < -0.39 is 35.2 Å². The number of benzene rings is 2. The Balaban J connectivity index is 0.000000208. The van der Waals surface area contributed by atoms with Gasteiger partial charge in [0.2, 0.25) is 0 Å². The molecule has 0 saturated heterocycles. The Morgan fingerprint density at radius 2 is 0.957 bits per heavy atom. The van der Waals surface area contributed by atoms with Gasteiger partial charge in [0.25, 0.3) is 11.9 Å². The van der Waals surface area contributed by atoms with Gasteiger partial charge in [-0.05, 0) is 36.7 Å². The molecule has 0 radical (unpaired) electrons. The number of aromatic carboxylic acids is 2. The van der Waals surface area contributed by atoms with E-state index in [1.54, 1.807) is 36.4 Å². The van der Waals surface area contributed by atoms with Crippen LogP contribution in [0.25, 0.3) is 44.8 Å². The Labute approximate surface area is 277 Å². The summed E-state index contributed by atoms with van der Waals surface area (Å²) in [5.41, 5.74) is 0.851. The summed E-state index contributed by atoms with van der Waals surface area (Å²) in [6, 6.07) is 21.6. The fourth-order valence-corrected chi connectivity index (χ4v) is 4.42. The molecule has 2 N–H and O–H groups in total. The number of carbonyl (C=O) groups is 2. The van der Waals surface area contributed by atoms with Crippen LogP contribution in [-0.2, 0) is 20.1 Å². The van der Waals surface area contributed by atoms with E-state index in [1.165, 1.54) is 36.9 Å². The van der Waals surface area contributed by atoms with Gasteiger partial charge >= 0.3 is 20.1 Å². The van der Waals surface area contributed by atoms with Crippen LogP contribution in [-0.4, -0.2) is 42.1 Å². The molecule has 4 heterocycles. The largest absolute Gasteiger partial charge is 3.00 e. The van der Waals surface area contributed by atoms with Gasteiger partial charge in [-0.25, -0.2) is 17.6 Å². The normalized spacial score (nSPS) is 10.3. The Kier molecular flexibility index (Phi) is 11.0. The van der Waals surface area contributed by atoms with Crippen molar-refractivity contribution < 1.29 is 57.5 Å². The zero-order valence-electron chi connectivity index (χ0n) is 23.6. The third kappa shape index (κ3) is 7.96. The third-order valence-electron chi connectivity index (χ3n) is 6.33.